The molecule has 4 rings (SSSR count). The van der Waals surface area contributed by atoms with Crippen molar-refractivity contribution in [3.8, 4) is 22.8 Å². The minimum Gasteiger partial charge on any atom is -0.454 e. The maximum Gasteiger partial charge on any atom is 0.231 e. The van der Waals surface area contributed by atoms with Gasteiger partial charge in [-0.1, -0.05) is 30.3 Å². The van der Waals surface area contributed by atoms with Crippen LogP contribution in [-0.2, 0) is 0 Å². The molecule has 0 atom stereocenters. The van der Waals surface area contributed by atoms with Gasteiger partial charge in [0, 0.05) is 5.56 Å². The van der Waals surface area contributed by atoms with E-state index in [9.17, 15) is 4.79 Å². The van der Waals surface area contributed by atoms with Crippen LogP contribution in [-0.4, -0.2) is 22.5 Å². The number of H-pyrrole nitrogens is 1. The quantitative estimate of drug-likeness (QED) is 0.588. The third-order valence-electron chi connectivity index (χ3n) is 3.73. The van der Waals surface area contributed by atoms with Crippen molar-refractivity contribution in [3.05, 3.63) is 72.2 Å². The zero-order valence-corrected chi connectivity index (χ0v) is 12.7. The lowest BCUT2D eigenvalue weighted by molar-refractivity contribution is 0.104. The van der Waals surface area contributed by atoms with Gasteiger partial charge in [-0.05, 0) is 35.9 Å². The van der Waals surface area contributed by atoms with Crippen molar-refractivity contribution in [2.75, 3.05) is 6.79 Å². The third kappa shape index (κ3) is 2.79. The van der Waals surface area contributed by atoms with Gasteiger partial charge in [0.1, 0.15) is 5.82 Å². The second-order valence-electron chi connectivity index (χ2n) is 5.31. The molecule has 2 aromatic carbocycles. The maximum absolute atomic E-state index is 12.3. The molecule has 0 spiro atoms. The maximum atomic E-state index is 12.3. The second kappa shape index (κ2) is 6.04. The van der Waals surface area contributed by atoms with E-state index in [4.69, 9.17) is 9.47 Å². The molecule has 5 heteroatoms. The van der Waals surface area contributed by atoms with Gasteiger partial charge in [0.15, 0.2) is 17.3 Å². The number of aromatic amines is 1. The Morgan fingerprint density at radius 3 is 2.79 bits per heavy atom. The second-order valence-corrected chi connectivity index (χ2v) is 5.31. The van der Waals surface area contributed by atoms with Crippen LogP contribution in [0.1, 0.15) is 16.2 Å². The highest BCUT2D eigenvalue weighted by Crippen LogP contribution is 2.32. The number of fused-ring (bicyclic) bond motifs is 1. The van der Waals surface area contributed by atoms with Gasteiger partial charge in [-0.15, -0.1) is 0 Å². The molecule has 118 valence electrons. The van der Waals surface area contributed by atoms with E-state index in [0.29, 0.717) is 22.9 Å². The summed E-state index contributed by atoms with van der Waals surface area (Å²) in [5, 5.41) is 0. The van der Waals surface area contributed by atoms with Gasteiger partial charge in [-0.3, -0.25) is 4.79 Å². The van der Waals surface area contributed by atoms with Gasteiger partial charge >= 0.3 is 0 Å². The van der Waals surface area contributed by atoms with E-state index >= 15 is 0 Å². The highest BCUT2D eigenvalue weighted by atomic mass is 16.7. The van der Waals surface area contributed by atoms with E-state index in [-0.39, 0.29) is 12.6 Å². The van der Waals surface area contributed by atoms with Crippen LogP contribution in [0, 0.1) is 0 Å². The number of nitrogens with zero attached hydrogens (tertiary/aromatic N) is 1. The van der Waals surface area contributed by atoms with Crippen LogP contribution in [0.3, 0.4) is 0 Å². The van der Waals surface area contributed by atoms with Crippen LogP contribution in [0.25, 0.3) is 17.3 Å². The molecule has 0 bridgehead atoms. The van der Waals surface area contributed by atoms with E-state index in [1.807, 2.05) is 30.3 Å². The van der Waals surface area contributed by atoms with Crippen LogP contribution in [0.5, 0.6) is 11.5 Å². The smallest absolute Gasteiger partial charge is 0.231 e. The van der Waals surface area contributed by atoms with Gasteiger partial charge in [-0.25, -0.2) is 4.98 Å². The fourth-order valence-electron chi connectivity index (χ4n) is 2.49. The Bertz CT molecular complexity index is 913. The van der Waals surface area contributed by atoms with Crippen molar-refractivity contribution < 1.29 is 14.3 Å². The number of hydrogen-bond acceptors (Lipinski definition) is 4. The van der Waals surface area contributed by atoms with Crippen LogP contribution in [0.4, 0.5) is 0 Å². The number of benzene rings is 2. The summed E-state index contributed by atoms with van der Waals surface area (Å²) < 4.78 is 10.5. The summed E-state index contributed by atoms with van der Waals surface area (Å²) in [6.45, 7) is 0.192. The van der Waals surface area contributed by atoms with Crippen molar-refractivity contribution >= 4 is 11.9 Å². The largest absolute Gasteiger partial charge is 0.454 e. The molecule has 0 fully saturated rings. The number of ketones is 1. The zero-order chi connectivity index (χ0) is 16.4. The van der Waals surface area contributed by atoms with E-state index in [1.165, 1.54) is 6.08 Å². The number of rotatable bonds is 4. The molecule has 24 heavy (non-hydrogen) atoms. The van der Waals surface area contributed by atoms with E-state index < -0.39 is 0 Å². The predicted octanol–water partition coefficient (Wildman–Crippen LogP) is 3.70. The Labute approximate surface area is 138 Å². The Balaban J connectivity index is 1.51. The first-order valence-corrected chi connectivity index (χ1v) is 7.52. The first-order chi connectivity index (χ1) is 11.8. The number of allylic oxidation sites excluding steroid dienone is 1. The monoisotopic (exact) mass is 318 g/mol. The summed E-state index contributed by atoms with van der Waals surface area (Å²) in [5.74, 6) is 1.77. The molecule has 3 aromatic rings. The van der Waals surface area contributed by atoms with Gasteiger partial charge in [0.05, 0.1) is 11.9 Å². The molecule has 0 unspecified atom stereocenters. The molecule has 1 aliphatic rings. The number of carbonyl (C=O) groups is 1. The van der Waals surface area contributed by atoms with Crippen LogP contribution in [0.15, 0.2) is 60.8 Å². The summed E-state index contributed by atoms with van der Waals surface area (Å²) in [6.07, 6.45) is 4.91. The summed E-state index contributed by atoms with van der Waals surface area (Å²) in [5.41, 5.74) is 2.50. The third-order valence-corrected chi connectivity index (χ3v) is 3.73. The lowest BCUT2D eigenvalue weighted by Crippen LogP contribution is -1.94. The number of ether oxygens (including phenoxy) is 2. The minimum atomic E-state index is -0.119. The molecule has 1 N–H and O–H groups in total. The highest BCUT2D eigenvalue weighted by molar-refractivity contribution is 6.07. The summed E-state index contributed by atoms with van der Waals surface area (Å²) in [7, 11) is 0. The minimum absolute atomic E-state index is 0.119. The molecule has 0 amide bonds. The molecular formula is C19H14N2O3. The molecule has 1 aliphatic heterocycles. The van der Waals surface area contributed by atoms with Gasteiger partial charge < -0.3 is 14.5 Å². The fourth-order valence-corrected chi connectivity index (χ4v) is 2.49. The summed E-state index contributed by atoms with van der Waals surface area (Å²) in [6, 6.07) is 15.0. The van der Waals surface area contributed by atoms with E-state index in [1.54, 1.807) is 30.5 Å². The Hall–Kier alpha value is -3.34. The standard InChI is InChI=1S/C19H14N2O3/c22-16(14-6-8-17-18(10-14)24-12-23-17)7-9-19-20-11-15(21-19)13-4-2-1-3-5-13/h1-11H,12H2,(H,20,21)/b9-7+. The first-order valence-electron chi connectivity index (χ1n) is 7.52. The fraction of sp³-hybridized carbons (Fsp3) is 0.0526. The van der Waals surface area contributed by atoms with Gasteiger partial charge in [0.25, 0.3) is 0 Å². The van der Waals surface area contributed by atoms with E-state index in [2.05, 4.69) is 9.97 Å². The Morgan fingerprint density at radius 2 is 1.92 bits per heavy atom. The molecule has 0 radical (unpaired) electrons. The molecule has 0 saturated carbocycles. The predicted molar refractivity (Wildman–Crippen MR) is 90.0 cm³/mol. The number of imidazole rings is 1. The topological polar surface area (TPSA) is 64.2 Å². The summed E-state index contributed by atoms with van der Waals surface area (Å²) >= 11 is 0. The van der Waals surface area contributed by atoms with Crippen molar-refractivity contribution in [1.29, 1.82) is 0 Å². The number of aromatic nitrogens is 2. The molecule has 0 saturated heterocycles. The molecule has 2 heterocycles. The molecule has 0 aliphatic carbocycles. The average Bonchev–Trinajstić information content (AvgIpc) is 3.29. The zero-order valence-electron chi connectivity index (χ0n) is 12.7. The SMILES string of the molecule is O=C(/C=C/c1ncc(-c2ccccc2)[nH]1)c1ccc2c(c1)OCO2. The first kappa shape index (κ1) is 14.3. The average molecular weight is 318 g/mol. The Morgan fingerprint density at radius 1 is 1.08 bits per heavy atom. The van der Waals surface area contributed by atoms with Gasteiger partial charge in [-0.2, -0.15) is 0 Å². The number of hydrogen-bond donors (Lipinski definition) is 1. The molecular weight excluding hydrogens is 304 g/mol. The van der Waals surface area contributed by atoms with Gasteiger partial charge in [0.2, 0.25) is 6.79 Å². The van der Waals surface area contributed by atoms with Crippen molar-refractivity contribution in [1.82, 2.24) is 9.97 Å². The van der Waals surface area contributed by atoms with Crippen LogP contribution in [0.2, 0.25) is 0 Å². The van der Waals surface area contributed by atoms with Crippen molar-refractivity contribution in [2.45, 2.75) is 0 Å². The molecule has 5 nitrogen and oxygen atoms in total. The summed E-state index contributed by atoms with van der Waals surface area (Å²) in [4.78, 5) is 19.7. The van der Waals surface area contributed by atoms with Crippen LogP contribution >= 0.6 is 0 Å². The number of nitrogens with one attached hydrogen (secondary N) is 1. The number of carbonyl (C=O) groups excluding carboxylic acids is 1. The van der Waals surface area contributed by atoms with E-state index in [0.717, 1.165) is 11.3 Å². The van der Waals surface area contributed by atoms with Crippen LogP contribution < -0.4 is 9.47 Å². The Kier molecular flexibility index (Phi) is 3.59. The normalized spacial score (nSPS) is 12.7. The lowest BCUT2D eigenvalue weighted by Gasteiger charge is -1.98. The highest BCUT2D eigenvalue weighted by Gasteiger charge is 2.15. The molecule has 1 aromatic heterocycles. The van der Waals surface area contributed by atoms with Crippen molar-refractivity contribution in [2.24, 2.45) is 0 Å². The lowest BCUT2D eigenvalue weighted by atomic mass is 10.1. The van der Waals surface area contributed by atoms with Crippen molar-refractivity contribution in [3.63, 3.8) is 0 Å².